The lowest BCUT2D eigenvalue weighted by atomic mass is 10.0. The summed E-state index contributed by atoms with van der Waals surface area (Å²) in [6, 6.07) is 3.81. The number of carbonyl (C=O) groups excluding carboxylic acids is 2. The first-order valence-electron chi connectivity index (χ1n) is 10.4. The number of methoxy groups -OCH3 is 1. The van der Waals surface area contributed by atoms with Gasteiger partial charge in [0.25, 0.3) is 0 Å². The van der Waals surface area contributed by atoms with Gasteiger partial charge < -0.3 is 19.9 Å². The molecule has 4 rings (SSSR count). The average Bonchev–Trinajstić information content (AvgIpc) is 3.30. The number of amides is 1. The van der Waals surface area contributed by atoms with Gasteiger partial charge >= 0.3 is 0 Å². The molecule has 0 radical (unpaired) electrons. The monoisotopic (exact) mass is 409 g/mol. The Bertz CT molecular complexity index is 958. The van der Waals surface area contributed by atoms with Gasteiger partial charge in [-0.1, -0.05) is 19.8 Å². The van der Waals surface area contributed by atoms with Crippen molar-refractivity contribution in [3.05, 3.63) is 30.1 Å². The molecule has 1 aliphatic heterocycles. The first kappa shape index (κ1) is 20.1. The Labute approximate surface area is 176 Å². The van der Waals surface area contributed by atoms with Crippen LogP contribution in [0.3, 0.4) is 0 Å². The van der Waals surface area contributed by atoms with Gasteiger partial charge in [-0.05, 0) is 25.3 Å². The fraction of sp³-hybridized carbons (Fsp3) is 0.455. The molecule has 0 saturated heterocycles. The lowest BCUT2D eigenvalue weighted by Crippen LogP contribution is -2.55. The molecule has 8 heteroatoms. The fourth-order valence-corrected chi connectivity index (χ4v) is 4.50. The molecule has 0 spiro atoms. The van der Waals surface area contributed by atoms with E-state index in [4.69, 9.17) is 4.74 Å². The molecular formula is C22H27N5O3. The van der Waals surface area contributed by atoms with Crippen molar-refractivity contribution >= 4 is 35.2 Å². The number of aromatic nitrogens is 2. The minimum absolute atomic E-state index is 0.118. The van der Waals surface area contributed by atoms with Crippen molar-refractivity contribution in [2.75, 3.05) is 29.3 Å². The number of hydrogen-bond donors (Lipinski definition) is 1. The van der Waals surface area contributed by atoms with E-state index in [0.29, 0.717) is 29.0 Å². The zero-order valence-electron chi connectivity index (χ0n) is 17.6. The maximum Gasteiger partial charge on any atom is 0.249 e. The second-order valence-corrected chi connectivity index (χ2v) is 7.79. The van der Waals surface area contributed by atoms with E-state index >= 15 is 0 Å². The van der Waals surface area contributed by atoms with Crippen LogP contribution in [-0.2, 0) is 4.79 Å². The van der Waals surface area contributed by atoms with Crippen molar-refractivity contribution in [2.24, 2.45) is 0 Å². The van der Waals surface area contributed by atoms with Gasteiger partial charge in [-0.25, -0.2) is 9.97 Å². The van der Waals surface area contributed by atoms with Crippen molar-refractivity contribution in [1.82, 2.24) is 9.97 Å². The number of pyridine rings is 2. The van der Waals surface area contributed by atoms with E-state index < -0.39 is 0 Å². The fourth-order valence-electron chi connectivity index (χ4n) is 4.50. The topological polar surface area (TPSA) is 87.7 Å². The Morgan fingerprint density at radius 1 is 1.20 bits per heavy atom. The van der Waals surface area contributed by atoms with Crippen LogP contribution in [0.2, 0.25) is 0 Å². The molecule has 0 aromatic carbocycles. The predicted octanol–water partition coefficient (Wildman–Crippen LogP) is 3.55. The average molecular weight is 409 g/mol. The summed E-state index contributed by atoms with van der Waals surface area (Å²) in [5, 5.41) is 3.20. The lowest BCUT2D eigenvalue weighted by Gasteiger charge is -2.44. The van der Waals surface area contributed by atoms with Crippen LogP contribution in [0.4, 0.5) is 23.0 Å². The Morgan fingerprint density at radius 2 is 1.97 bits per heavy atom. The van der Waals surface area contributed by atoms with Gasteiger partial charge in [0.05, 0.1) is 24.7 Å². The highest BCUT2D eigenvalue weighted by molar-refractivity contribution is 6.05. The summed E-state index contributed by atoms with van der Waals surface area (Å²) in [6.07, 6.45) is 9.28. The molecule has 30 heavy (non-hydrogen) atoms. The second-order valence-electron chi connectivity index (χ2n) is 7.79. The zero-order valence-corrected chi connectivity index (χ0v) is 17.6. The number of hydrogen-bond acceptors (Lipinski definition) is 7. The molecule has 2 aromatic rings. The van der Waals surface area contributed by atoms with Crippen molar-refractivity contribution in [2.45, 2.75) is 51.1 Å². The van der Waals surface area contributed by atoms with Gasteiger partial charge in [0.2, 0.25) is 5.91 Å². The standard InChI is InChI=1S/C22H27N5O3/c1-4-16-22(29)26(2)18-12-23-20(10-17(18)27(16)15-7-5-6-8-15)25-21-19(30-3)9-14(13-28)11-24-21/h9-13,15-16H,4-8H2,1-3H3,(H,23,24,25)/t16-/m1/s1. The van der Waals surface area contributed by atoms with E-state index in [2.05, 4.69) is 27.1 Å². The summed E-state index contributed by atoms with van der Waals surface area (Å²) < 4.78 is 5.37. The molecule has 1 fully saturated rings. The molecule has 1 amide bonds. The maximum absolute atomic E-state index is 13.0. The molecule has 2 aliphatic rings. The van der Waals surface area contributed by atoms with Crippen molar-refractivity contribution in [3.63, 3.8) is 0 Å². The number of carbonyl (C=O) groups is 2. The molecule has 1 aliphatic carbocycles. The van der Waals surface area contributed by atoms with Crippen LogP contribution >= 0.6 is 0 Å². The largest absolute Gasteiger partial charge is 0.493 e. The highest BCUT2D eigenvalue weighted by atomic mass is 16.5. The molecule has 0 unspecified atom stereocenters. The van der Waals surface area contributed by atoms with E-state index in [1.807, 2.05) is 13.1 Å². The quantitative estimate of drug-likeness (QED) is 0.730. The summed E-state index contributed by atoms with van der Waals surface area (Å²) in [7, 11) is 3.35. The van der Waals surface area contributed by atoms with Crippen molar-refractivity contribution < 1.29 is 14.3 Å². The number of anilines is 4. The molecule has 1 atom stereocenters. The van der Waals surface area contributed by atoms with Gasteiger partial charge in [0.1, 0.15) is 11.9 Å². The Morgan fingerprint density at radius 3 is 2.63 bits per heavy atom. The summed E-state index contributed by atoms with van der Waals surface area (Å²) in [5.74, 6) is 1.67. The normalized spacial score (nSPS) is 19.0. The third-order valence-electron chi connectivity index (χ3n) is 6.03. The third-order valence-corrected chi connectivity index (χ3v) is 6.03. The predicted molar refractivity (Wildman–Crippen MR) is 116 cm³/mol. The van der Waals surface area contributed by atoms with Crippen LogP contribution in [0.1, 0.15) is 49.4 Å². The summed E-state index contributed by atoms with van der Waals surface area (Å²) in [5.41, 5.74) is 2.27. The maximum atomic E-state index is 13.0. The molecule has 8 nitrogen and oxygen atoms in total. The molecule has 2 aromatic heterocycles. The first-order valence-corrected chi connectivity index (χ1v) is 10.4. The highest BCUT2D eigenvalue weighted by Crippen LogP contribution is 2.42. The van der Waals surface area contributed by atoms with Crippen LogP contribution in [0.25, 0.3) is 0 Å². The minimum atomic E-state index is -0.166. The van der Waals surface area contributed by atoms with Gasteiger partial charge in [-0.15, -0.1) is 0 Å². The summed E-state index contributed by atoms with van der Waals surface area (Å²) >= 11 is 0. The number of fused-ring (bicyclic) bond motifs is 1. The van der Waals surface area contributed by atoms with E-state index in [1.165, 1.54) is 26.1 Å². The van der Waals surface area contributed by atoms with Crippen LogP contribution in [0.15, 0.2) is 24.5 Å². The van der Waals surface area contributed by atoms with Crippen LogP contribution in [0.5, 0.6) is 5.75 Å². The van der Waals surface area contributed by atoms with E-state index in [1.54, 1.807) is 17.2 Å². The molecule has 0 bridgehead atoms. The number of ether oxygens (including phenoxy) is 1. The molecular weight excluding hydrogens is 382 g/mol. The van der Waals surface area contributed by atoms with E-state index in [0.717, 1.165) is 36.9 Å². The van der Waals surface area contributed by atoms with Crippen molar-refractivity contribution in [1.29, 1.82) is 0 Å². The number of nitrogens with zero attached hydrogens (tertiary/aromatic N) is 4. The number of aldehydes is 1. The molecule has 158 valence electrons. The first-order chi connectivity index (χ1) is 14.6. The van der Waals surface area contributed by atoms with E-state index in [-0.39, 0.29) is 11.9 Å². The van der Waals surface area contributed by atoms with E-state index in [9.17, 15) is 9.59 Å². The van der Waals surface area contributed by atoms with Gasteiger partial charge in [-0.3, -0.25) is 9.59 Å². The second kappa shape index (κ2) is 8.30. The van der Waals surface area contributed by atoms with Crippen LogP contribution in [0, 0.1) is 0 Å². The smallest absolute Gasteiger partial charge is 0.249 e. The number of likely N-dealkylation sites (N-methyl/N-ethyl adjacent to an activating group) is 1. The number of nitrogens with one attached hydrogen (secondary N) is 1. The number of rotatable bonds is 6. The Hall–Kier alpha value is -3.16. The zero-order chi connectivity index (χ0) is 21.3. The minimum Gasteiger partial charge on any atom is -0.493 e. The Balaban J connectivity index is 1.73. The van der Waals surface area contributed by atoms with Gasteiger partial charge in [-0.2, -0.15) is 0 Å². The Kier molecular flexibility index (Phi) is 5.57. The van der Waals surface area contributed by atoms with Crippen molar-refractivity contribution in [3.8, 4) is 5.75 Å². The highest BCUT2D eigenvalue weighted by Gasteiger charge is 2.40. The summed E-state index contributed by atoms with van der Waals surface area (Å²) in [6.45, 7) is 2.06. The molecule has 3 heterocycles. The van der Waals surface area contributed by atoms with Crippen LogP contribution in [-0.4, -0.2) is 48.4 Å². The lowest BCUT2D eigenvalue weighted by molar-refractivity contribution is -0.120. The summed E-state index contributed by atoms with van der Waals surface area (Å²) in [4.78, 5) is 36.8. The van der Waals surface area contributed by atoms with Crippen LogP contribution < -0.4 is 19.9 Å². The van der Waals surface area contributed by atoms with Gasteiger partial charge in [0.15, 0.2) is 17.9 Å². The SMILES string of the molecule is CC[C@@H]1C(=O)N(C)c2cnc(Nc3ncc(C=O)cc3OC)cc2N1C1CCCC1. The third kappa shape index (κ3) is 3.46. The molecule has 1 N–H and O–H groups in total. The van der Waals surface area contributed by atoms with Gasteiger partial charge in [0, 0.05) is 30.9 Å². The molecule has 1 saturated carbocycles.